The van der Waals surface area contributed by atoms with E-state index in [4.69, 9.17) is 0 Å². The Morgan fingerprint density at radius 1 is 1.09 bits per heavy atom. The number of pyridine rings is 1. The second-order valence-electron chi connectivity index (χ2n) is 4.66. The second-order valence-corrected chi connectivity index (χ2v) is 4.66. The van der Waals surface area contributed by atoms with Gasteiger partial charge in [-0.25, -0.2) is 0 Å². The number of halogens is 3. The first-order chi connectivity index (χ1) is 10.4. The second kappa shape index (κ2) is 5.18. The van der Waals surface area contributed by atoms with Gasteiger partial charge in [-0.05, 0) is 24.3 Å². The molecule has 2 heterocycles. The maximum atomic E-state index is 12.8. The first-order valence-electron chi connectivity index (χ1n) is 6.35. The molecular formula is C15H10F3N3O. The molecule has 2 aromatic heterocycles. The van der Waals surface area contributed by atoms with Crippen LogP contribution in [0.25, 0.3) is 16.8 Å². The molecule has 0 unspecified atom stereocenters. The summed E-state index contributed by atoms with van der Waals surface area (Å²) >= 11 is 0. The van der Waals surface area contributed by atoms with Crippen molar-refractivity contribution >= 4 is 0 Å². The minimum atomic E-state index is -4.46. The van der Waals surface area contributed by atoms with Crippen molar-refractivity contribution in [1.29, 1.82) is 0 Å². The van der Waals surface area contributed by atoms with E-state index in [2.05, 4.69) is 10.2 Å². The summed E-state index contributed by atoms with van der Waals surface area (Å²) in [5.74, 6) is 0. The Kier molecular flexibility index (Phi) is 3.32. The van der Waals surface area contributed by atoms with Gasteiger partial charge in [0.1, 0.15) is 0 Å². The summed E-state index contributed by atoms with van der Waals surface area (Å²) in [6.07, 6.45) is 0.233. The molecule has 0 fully saturated rings. The fraction of sp³-hybridized carbons (Fsp3) is 0.0667. The molecule has 112 valence electrons. The molecule has 4 nitrogen and oxygen atoms in total. The number of rotatable bonds is 2. The predicted molar refractivity (Wildman–Crippen MR) is 74.6 cm³/mol. The average Bonchev–Trinajstić information content (AvgIpc) is 3.01. The van der Waals surface area contributed by atoms with E-state index < -0.39 is 17.3 Å². The summed E-state index contributed by atoms with van der Waals surface area (Å²) in [5, 5.41) is 6.45. The Bertz CT molecular complexity index is 851. The predicted octanol–water partition coefficient (Wildman–Crippen LogP) is 3.25. The average molecular weight is 305 g/mol. The van der Waals surface area contributed by atoms with E-state index in [0.29, 0.717) is 5.56 Å². The van der Waals surface area contributed by atoms with Gasteiger partial charge in [0.25, 0.3) is 5.56 Å². The molecule has 1 aromatic carbocycles. The molecule has 0 atom stereocenters. The molecular weight excluding hydrogens is 295 g/mol. The molecule has 0 aliphatic rings. The number of hydrogen-bond donors (Lipinski definition) is 1. The Balaban J connectivity index is 2.12. The molecule has 3 rings (SSSR count). The zero-order valence-electron chi connectivity index (χ0n) is 11.1. The van der Waals surface area contributed by atoms with Crippen molar-refractivity contribution in [2.75, 3.05) is 0 Å². The van der Waals surface area contributed by atoms with Gasteiger partial charge in [-0.15, -0.1) is 0 Å². The SMILES string of the molecule is O=c1ccc(-c2cn[nH]c2)cn1-c1cccc(C(F)(F)F)c1. The van der Waals surface area contributed by atoms with E-state index in [9.17, 15) is 18.0 Å². The molecule has 0 spiro atoms. The normalized spacial score (nSPS) is 11.6. The lowest BCUT2D eigenvalue weighted by atomic mass is 10.1. The van der Waals surface area contributed by atoms with Crippen molar-refractivity contribution in [2.24, 2.45) is 0 Å². The van der Waals surface area contributed by atoms with Crippen LogP contribution >= 0.6 is 0 Å². The monoisotopic (exact) mass is 305 g/mol. The number of alkyl halides is 3. The van der Waals surface area contributed by atoms with Crippen LogP contribution in [-0.2, 0) is 6.18 Å². The van der Waals surface area contributed by atoms with E-state index in [0.717, 1.165) is 17.7 Å². The highest BCUT2D eigenvalue weighted by Gasteiger charge is 2.30. The van der Waals surface area contributed by atoms with Crippen molar-refractivity contribution in [3.8, 4) is 16.8 Å². The van der Waals surface area contributed by atoms with Crippen LogP contribution in [0.1, 0.15) is 5.56 Å². The number of H-pyrrole nitrogens is 1. The van der Waals surface area contributed by atoms with Crippen molar-refractivity contribution in [2.45, 2.75) is 6.18 Å². The topological polar surface area (TPSA) is 50.7 Å². The summed E-state index contributed by atoms with van der Waals surface area (Å²) in [4.78, 5) is 12.0. The Morgan fingerprint density at radius 2 is 1.91 bits per heavy atom. The summed E-state index contributed by atoms with van der Waals surface area (Å²) in [6.45, 7) is 0. The van der Waals surface area contributed by atoms with Gasteiger partial charge in [-0.2, -0.15) is 18.3 Å². The van der Waals surface area contributed by atoms with E-state index in [1.807, 2.05) is 0 Å². The van der Waals surface area contributed by atoms with Gasteiger partial charge >= 0.3 is 6.18 Å². The standard InChI is InChI=1S/C15H10F3N3O/c16-15(17,18)12-2-1-3-13(6-12)21-9-10(4-5-14(21)22)11-7-19-20-8-11/h1-9H,(H,19,20). The van der Waals surface area contributed by atoms with Gasteiger partial charge in [-0.3, -0.25) is 14.5 Å². The molecule has 0 aliphatic heterocycles. The summed E-state index contributed by atoms with van der Waals surface area (Å²) in [7, 11) is 0. The lowest BCUT2D eigenvalue weighted by molar-refractivity contribution is -0.137. The van der Waals surface area contributed by atoms with Crippen LogP contribution in [0, 0.1) is 0 Å². The molecule has 22 heavy (non-hydrogen) atoms. The van der Waals surface area contributed by atoms with Crippen molar-refractivity contribution < 1.29 is 13.2 Å². The third-order valence-corrected chi connectivity index (χ3v) is 3.19. The Hall–Kier alpha value is -2.83. The smallest absolute Gasteiger partial charge is 0.285 e. The fourth-order valence-corrected chi connectivity index (χ4v) is 2.10. The van der Waals surface area contributed by atoms with Gasteiger partial charge in [0.05, 0.1) is 11.8 Å². The van der Waals surface area contributed by atoms with Crippen molar-refractivity contribution in [1.82, 2.24) is 14.8 Å². The molecule has 0 aliphatic carbocycles. The van der Waals surface area contributed by atoms with Crippen LogP contribution in [0.15, 0.2) is 59.8 Å². The van der Waals surface area contributed by atoms with E-state index >= 15 is 0 Å². The number of aromatic amines is 1. The van der Waals surface area contributed by atoms with Crippen LogP contribution in [0.3, 0.4) is 0 Å². The van der Waals surface area contributed by atoms with Gasteiger partial charge in [0.2, 0.25) is 0 Å². The quantitative estimate of drug-likeness (QED) is 0.790. The third-order valence-electron chi connectivity index (χ3n) is 3.19. The molecule has 0 amide bonds. The molecule has 0 bridgehead atoms. The highest BCUT2D eigenvalue weighted by Crippen LogP contribution is 2.30. The van der Waals surface area contributed by atoms with Gasteiger partial charge in [0.15, 0.2) is 0 Å². The van der Waals surface area contributed by atoms with Gasteiger partial charge in [-0.1, -0.05) is 6.07 Å². The number of nitrogens with one attached hydrogen (secondary N) is 1. The fourth-order valence-electron chi connectivity index (χ4n) is 2.10. The van der Waals surface area contributed by atoms with Crippen molar-refractivity contribution in [3.05, 3.63) is 70.9 Å². The molecule has 0 radical (unpaired) electrons. The lowest BCUT2D eigenvalue weighted by Gasteiger charge is -2.11. The molecule has 0 saturated carbocycles. The molecule has 7 heteroatoms. The maximum absolute atomic E-state index is 12.8. The van der Waals surface area contributed by atoms with Crippen LogP contribution in [0.4, 0.5) is 13.2 Å². The van der Waals surface area contributed by atoms with Crippen LogP contribution in [0.2, 0.25) is 0 Å². The minimum absolute atomic E-state index is 0.158. The maximum Gasteiger partial charge on any atom is 0.416 e. The summed E-state index contributed by atoms with van der Waals surface area (Å²) in [5.41, 5.74) is 0.355. The van der Waals surface area contributed by atoms with Crippen molar-refractivity contribution in [3.63, 3.8) is 0 Å². The number of aromatic nitrogens is 3. The lowest BCUT2D eigenvalue weighted by Crippen LogP contribution is -2.17. The summed E-state index contributed by atoms with van der Waals surface area (Å²) < 4.78 is 39.5. The Labute approximate surface area is 122 Å². The molecule has 0 saturated heterocycles. The number of nitrogens with zero attached hydrogens (tertiary/aromatic N) is 2. The molecule has 3 aromatic rings. The highest BCUT2D eigenvalue weighted by atomic mass is 19.4. The third kappa shape index (κ3) is 2.65. The number of hydrogen-bond acceptors (Lipinski definition) is 2. The summed E-state index contributed by atoms with van der Waals surface area (Å²) in [6, 6.07) is 7.54. The zero-order valence-corrected chi connectivity index (χ0v) is 11.1. The molecule has 1 N–H and O–H groups in total. The Morgan fingerprint density at radius 3 is 2.59 bits per heavy atom. The largest absolute Gasteiger partial charge is 0.416 e. The van der Waals surface area contributed by atoms with Gasteiger partial charge < -0.3 is 0 Å². The van der Waals surface area contributed by atoms with Crippen LogP contribution < -0.4 is 5.56 Å². The minimum Gasteiger partial charge on any atom is -0.285 e. The zero-order chi connectivity index (χ0) is 15.7. The first-order valence-corrected chi connectivity index (χ1v) is 6.35. The van der Waals surface area contributed by atoms with E-state index in [1.54, 1.807) is 18.5 Å². The van der Waals surface area contributed by atoms with Gasteiger partial charge in [0, 0.05) is 35.3 Å². The van der Waals surface area contributed by atoms with E-state index in [-0.39, 0.29) is 5.69 Å². The highest BCUT2D eigenvalue weighted by molar-refractivity contribution is 5.61. The van der Waals surface area contributed by atoms with E-state index in [1.165, 1.54) is 29.0 Å². The first kappa shape index (κ1) is 14.1. The van der Waals surface area contributed by atoms with Crippen LogP contribution in [-0.4, -0.2) is 14.8 Å². The van der Waals surface area contributed by atoms with Crippen LogP contribution in [0.5, 0.6) is 0 Å². The number of benzene rings is 1.